The number of ether oxygens (including phenoxy) is 1. The normalized spacial score (nSPS) is 24.4. The molecule has 4 heteroatoms. The molecule has 1 fully saturated rings. The highest BCUT2D eigenvalue weighted by atomic mass is 19.1. The smallest absolute Gasteiger partial charge is 0.131 e. The van der Waals surface area contributed by atoms with Crippen molar-refractivity contribution in [1.29, 1.82) is 0 Å². The predicted octanol–water partition coefficient (Wildman–Crippen LogP) is 2.39. The van der Waals surface area contributed by atoms with E-state index in [9.17, 15) is 4.39 Å². The van der Waals surface area contributed by atoms with Gasteiger partial charge in [-0.05, 0) is 38.3 Å². The van der Waals surface area contributed by atoms with Crippen LogP contribution in [-0.2, 0) is 6.54 Å². The molecule has 19 heavy (non-hydrogen) atoms. The summed E-state index contributed by atoms with van der Waals surface area (Å²) in [6.45, 7) is 4.53. The van der Waals surface area contributed by atoms with E-state index in [1.54, 1.807) is 7.11 Å². The maximum Gasteiger partial charge on any atom is 0.131 e. The van der Waals surface area contributed by atoms with Gasteiger partial charge in [-0.3, -0.25) is 4.90 Å². The van der Waals surface area contributed by atoms with Gasteiger partial charge in [-0.2, -0.15) is 0 Å². The third-order valence-corrected chi connectivity index (χ3v) is 4.08. The van der Waals surface area contributed by atoms with Crippen LogP contribution in [-0.4, -0.2) is 31.1 Å². The van der Waals surface area contributed by atoms with Crippen LogP contribution in [0.25, 0.3) is 0 Å². The molecule has 1 aliphatic rings. The Kier molecular flexibility index (Phi) is 4.77. The van der Waals surface area contributed by atoms with Crippen molar-refractivity contribution >= 4 is 0 Å². The Morgan fingerprint density at radius 2 is 2.21 bits per heavy atom. The summed E-state index contributed by atoms with van der Waals surface area (Å²) in [4.78, 5) is 2.33. The Morgan fingerprint density at radius 1 is 1.42 bits per heavy atom. The number of nitrogens with zero attached hydrogens (tertiary/aromatic N) is 1. The minimum atomic E-state index is -0.193. The van der Waals surface area contributed by atoms with E-state index in [1.165, 1.54) is 12.5 Å². The summed E-state index contributed by atoms with van der Waals surface area (Å²) in [6, 6.07) is 5.56. The first-order valence-electron chi connectivity index (χ1n) is 6.90. The van der Waals surface area contributed by atoms with Gasteiger partial charge in [-0.15, -0.1) is 0 Å². The average molecular weight is 266 g/mol. The first-order valence-corrected chi connectivity index (χ1v) is 6.90. The molecule has 2 atom stereocenters. The minimum Gasteiger partial charge on any atom is -0.497 e. The van der Waals surface area contributed by atoms with E-state index in [-0.39, 0.29) is 5.82 Å². The van der Waals surface area contributed by atoms with E-state index in [0.717, 1.165) is 18.5 Å². The van der Waals surface area contributed by atoms with Crippen molar-refractivity contribution in [3.8, 4) is 5.75 Å². The number of likely N-dealkylation sites (tertiary alicyclic amines) is 1. The number of rotatable bonds is 4. The largest absolute Gasteiger partial charge is 0.497 e. The summed E-state index contributed by atoms with van der Waals surface area (Å²) in [5.74, 6) is 0.909. The molecule has 0 amide bonds. The number of piperidine rings is 1. The van der Waals surface area contributed by atoms with Crippen LogP contribution in [0.2, 0.25) is 0 Å². The van der Waals surface area contributed by atoms with Crippen LogP contribution in [0.5, 0.6) is 5.75 Å². The number of nitrogens with two attached hydrogens (primary N) is 1. The molecule has 1 aromatic carbocycles. The lowest BCUT2D eigenvalue weighted by atomic mass is 9.93. The van der Waals surface area contributed by atoms with Gasteiger partial charge in [0, 0.05) is 30.8 Å². The van der Waals surface area contributed by atoms with Crippen molar-refractivity contribution < 1.29 is 9.13 Å². The number of halogens is 1. The Hall–Kier alpha value is -1.13. The molecule has 106 valence electrons. The monoisotopic (exact) mass is 266 g/mol. The first-order chi connectivity index (χ1) is 9.13. The maximum atomic E-state index is 14.0. The van der Waals surface area contributed by atoms with Crippen LogP contribution in [0, 0.1) is 11.7 Å². The molecule has 3 nitrogen and oxygen atoms in total. The van der Waals surface area contributed by atoms with E-state index in [4.69, 9.17) is 10.5 Å². The van der Waals surface area contributed by atoms with Crippen molar-refractivity contribution in [3.05, 3.63) is 29.6 Å². The van der Waals surface area contributed by atoms with Crippen molar-refractivity contribution in [2.75, 3.05) is 20.2 Å². The molecule has 2 unspecified atom stereocenters. The van der Waals surface area contributed by atoms with E-state index in [0.29, 0.717) is 30.8 Å². The molecular weight excluding hydrogens is 243 g/mol. The highest BCUT2D eigenvalue weighted by molar-refractivity contribution is 5.28. The van der Waals surface area contributed by atoms with Gasteiger partial charge in [0.05, 0.1) is 7.11 Å². The predicted molar refractivity (Wildman–Crippen MR) is 74.6 cm³/mol. The highest BCUT2D eigenvalue weighted by Crippen LogP contribution is 2.25. The van der Waals surface area contributed by atoms with Gasteiger partial charge in [0.2, 0.25) is 0 Å². The molecule has 0 aliphatic carbocycles. The van der Waals surface area contributed by atoms with Crippen LogP contribution in [0.15, 0.2) is 18.2 Å². The number of methoxy groups -OCH3 is 1. The zero-order chi connectivity index (χ0) is 13.8. The molecule has 2 N–H and O–H groups in total. The van der Waals surface area contributed by atoms with Crippen LogP contribution in [0.3, 0.4) is 0 Å². The zero-order valence-electron chi connectivity index (χ0n) is 11.7. The quantitative estimate of drug-likeness (QED) is 0.909. The molecular formula is C15H23FN2O. The highest BCUT2D eigenvalue weighted by Gasteiger charge is 2.25. The summed E-state index contributed by atoms with van der Waals surface area (Å²) in [5, 5.41) is 0. The fourth-order valence-corrected chi connectivity index (χ4v) is 2.68. The second kappa shape index (κ2) is 6.35. The molecule has 0 bridgehead atoms. The van der Waals surface area contributed by atoms with Gasteiger partial charge >= 0.3 is 0 Å². The van der Waals surface area contributed by atoms with Crippen molar-refractivity contribution in [2.24, 2.45) is 11.7 Å². The maximum absolute atomic E-state index is 14.0. The van der Waals surface area contributed by atoms with Gasteiger partial charge in [-0.1, -0.05) is 6.07 Å². The summed E-state index contributed by atoms with van der Waals surface area (Å²) in [6.07, 6.45) is 2.32. The average Bonchev–Trinajstić information content (AvgIpc) is 2.43. The van der Waals surface area contributed by atoms with Crippen LogP contribution in [0.1, 0.15) is 25.3 Å². The third-order valence-electron chi connectivity index (χ3n) is 4.08. The molecule has 0 saturated carbocycles. The molecule has 1 saturated heterocycles. The SMILES string of the molecule is COc1ccc(CN2CC(CN)CCC2C)c(F)c1. The Bertz CT molecular complexity index is 425. The number of benzene rings is 1. The fourth-order valence-electron chi connectivity index (χ4n) is 2.68. The molecule has 0 radical (unpaired) electrons. The first kappa shape index (κ1) is 14.3. The molecule has 1 aliphatic heterocycles. The molecule has 1 aromatic rings. The molecule has 2 rings (SSSR count). The summed E-state index contributed by atoms with van der Waals surface area (Å²) < 4.78 is 19.0. The minimum absolute atomic E-state index is 0.193. The number of hydrogen-bond acceptors (Lipinski definition) is 3. The second-order valence-corrected chi connectivity index (χ2v) is 5.41. The summed E-state index contributed by atoms with van der Waals surface area (Å²) in [5.41, 5.74) is 6.48. The van der Waals surface area contributed by atoms with Gasteiger partial charge in [0.25, 0.3) is 0 Å². The standard InChI is InChI=1S/C15H23FN2O/c1-11-3-4-12(8-17)9-18(11)10-13-5-6-14(19-2)7-15(13)16/h5-7,11-12H,3-4,8-10,17H2,1-2H3. The van der Waals surface area contributed by atoms with Gasteiger partial charge in [0.15, 0.2) is 0 Å². The Balaban J connectivity index is 2.06. The lowest BCUT2D eigenvalue weighted by molar-refractivity contribution is 0.112. The van der Waals surface area contributed by atoms with Crippen molar-refractivity contribution in [1.82, 2.24) is 4.90 Å². The van der Waals surface area contributed by atoms with Crippen LogP contribution >= 0.6 is 0 Å². The third kappa shape index (κ3) is 3.45. The fraction of sp³-hybridized carbons (Fsp3) is 0.600. The lowest BCUT2D eigenvalue weighted by Gasteiger charge is -2.37. The second-order valence-electron chi connectivity index (χ2n) is 5.41. The van der Waals surface area contributed by atoms with Crippen molar-refractivity contribution in [2.45, 2.75) is 32.4 Å². The Morgan fingerprint density at radius 3 is 2.84 bits per heavy atom. The van der Waals surface area contributed by atoms with Gasteiger partial charge < -0.3 is 10.5 Å². The van der Waals surface area contributed by atoms with E-state index in [2.05, 4.69) is 11.8 Å². The number of hydrogen-bond donors (Lipinski definition) is 1. The summed E-state index contributed by atoms with van der Waals surface area (Å²) >= 11 is 0. The van der Waals surface area contributed by atoms with Gasteiger partial charge in [0.1, 0.15) is 11.6 Å². The zero-order valence-corrected chi connectivity index (χ0v) is 11.7. The molecule has 0 aromatic heterocycles. The van der Waals surface area contributed by atoms with Gasteiger partial charge in [-0.25, -0.2) is 4.39 Å². The van der Waals surface area contributed by atoms with E-state index in [1.807, 2.05) is 12.1 Å². The Labute approximate surface area is 114 Å². The molecule has 0 spiro atoms. The van der Waals surface area contributed by atoms with Crippen LogP contribution in [0.4, 0.5) is 4.39 Å². The van der Waals surface area contributed by atoms with Crippen LogP contribution < -0.4 is 10.5 Å². The summed E-state index contributed by atoms with van der Waals surface area (Å²) in [7, 11) is 1.55. The van der Waals surface area contributed by atoms with Crippen molar-refractivity contribution in [3.63, 3.8) is 0 Å². The van der Waals surface area contributed by atoms with E-state index < -0.39 is 0 Å². The molecule has 1 heterocycles. The van der Waals surface area contributed by atoms with E-state index >= 15 is 0 Å². The topological polar surface area (TPSA) is 38.5 Å². The lowest BCUT2D eigenvalue weighted by Crippen LogP contribution is -2.43.